The Morgan fingerprint density at radius 1 is 0.850 bits per heavy atom. The molecule has 1 saturated carbocycles. The van der Waals surface area contributed by atoms with Crippen LogP contribution in [0.25, 0.3) is 11.3 Å². The monoisotopic (exact) mass is 544 g/mol. The lowest BCUT2D eigenvalue weighted by atomic mass is 9.71. The fourth-order valence-corrected chi connectivity index (χ4v) is 5.95. The number of aromatic nitrogens is 1. The van der Waals surface area contributed by atoms with Gasteiger partial charge in [0.25, 0.3) is 0 Å². The number of aryl methyl sites for hydroxylation is 1. The van der Waals surface area contributed by atoms with Gasteiger partial charge in [0.05, 0.1) is 22.7 Å². The van der Waals surface area contributed by atoms with E-state index < -0.39 is 0 Å². The van der Waals surface area contributed by atoms with Crippen molar-refractivity contribution in [3.8, 4) is 17.3 Å². The molecule has 218 valence electrons. The minimum absolute atomic E-state index is 0.0935. The standard InChI is InChI=1S/C36H52N2O2/c1-3-5-7-9-10-11-12-14-16-30-17-22-34(38-28-30)31-18-20-32(21-19-31)35(39)40-33-23-26-36(29-37,27-24-33)25-15-13-8-6-4-2/h17-22,28,33H,3-16,23-27H2,1-2H3. The molecule has 0 spiro atoms. The van der Waals surface area contributed by atoms with Gasteiger partial charge in [-0.3, -0.25) is 4.98 Å². The van der Waals surface area contributed by atoms with Crippen molar-refractivity contribution in [2.45, 2.75) is 142 Å². The maximum Gasteiger partial charge on any atom is 0.338 e. The molecule has 2 aromatic rings. The summed E-state index contributed by atoms with van der Waals surface area (Å²) in [6.07, 6.45) is 24.0. The number of nitrogens with zero attached hydrogens (tertiary/aromatic N) is 2. The van der Waals surface area contributed by atoms with Gasteiger partial charge in [-0.1, -0.05) is 109 Å². The SMILES string of the molecule is CCCCCCCCCCc1ccc(-c2ccc(C(=O)OC3CCC(C#N)(CCCCCCC)CC3)cc2)nc1. The quantitative estimate of drug-likeness (QED) is 0.138. The summed E-state index contributed by atoms with van der Waals surface area (Å²) in [6, 6.07) is 14.5. The first-order valence-electron chi connectivity index (χ1n) is 16.3. The first-order chi connectivity index (χ1) is 19.6. The lowest BCUT2D eigenvalue weighted by Crippen LogP contribution is -2.31. The second-order valence-electron chi connectivity index (χ2n) is 12.0. The van der Waals surface area contributed by atoms with E-state index in [4.69, 9.17) is 4.74 Å². The zero-order chi connectivity index (χ0) is 28.5. The summed E-state index contributed by atoms with van der Waals surface area (Å²) in [7, 11) is 0. The molecule has 0 bridgehead atoms. The second-order valence-corrected chi connectivity index (χ2v) is 12.0. The molecule has 4 heteroatoms. The average molecular weight is 545 g/mol. The van der Waals surface area contributed by atoms with Gasteiger partial charge in [0.1, 0.15) is 6.10 Å². The molecule has 0 amide bonds. The minimum atomic E-state index is -0.269. The van der Waals surface area contributed by atoms with Crippen LogP contribution >= 0.6 is 0 Å². The van der Waals surface area contributed by atoms with Crippen molar-refractivity contribution in [3.05, 3.63) is 53.7 Å². The number of rotatable bonds is 18. The number of carbonyl (C=O) groups is 1. The van der Waals surface area contributed by atoms with Crippen LogP contribution in [-0.2, 0) is 11.2 Å². The number of benzene rings is 1. The molecule has 0 aliphatic heterocycles. The number of esters is 1. The number of carbonyl (C=O) groups excluding carboxylic acids is 1. The summed E-state index contributed by atoms with van der Waals surface area (Å²) in [5, 5.41) is 9.85. The van der Waals surface area contributed by atoms with E-state index in [0.29, 0.717) is 5.56 Å². The Labute approximate surface area is 243 Å². The topological polar surface area (TPSA) is 63.0 Å². The normalized spacial score (nSPS) is 18.8. The lowest BCUT2D eigenvalue weighted by molar-refractivity contribution is 0.0105. The number of hydrogen-bond donors (Lipinski definition) is 0. The summed E-state index contributed by atoms with van der Waals surface area (Å²) in [5.41, 5.74) is 3.56. The lowest BCUT2D eigenvalue weighted by Gasteiger charge is -2.34. The largest absolute Gasteiger partial charge is 0.459 e. The molecule has 1 heterocycles. The molecule has 0 N–H and O–H groups in total. The highest BCUT2D eigenvalue weighted by atomic mass is 16.5. The Hall–Kier alpha value is -2.67. The first kappa shape index (κ1) is 31.9. The predicted molar refractivity (Wildman–Crippen MR) is 165 cm³/mol. The van der Waals surface area contributed by atoms with Gasteiger partial charge >= 0.3 is 5.97 Å². The third kappa shape index (κ3) is 10.7. The number of pyridine rings is 1. The van der Waals surface area contributed by atoms with Gasteiger partial charge in [-0.25, -0.2) is 4.79 Å². The Bertz CT molecular complexity index is 1010. The van der Waals surface area contributed by atoms with Gasteiger partial charge in [-0.05, 0) is 68.7 Å². The third-order valence-corrected chi connectivity index (χ3v) is 8.72. The minimum Gasteiger partial charge on any atom is -0.459 e. The average Bonchev–Trinajstić information content (AvgIpc) is 3.00. The van der Waals surface area contributed by atoms with Crippen molar-refractivity contribution >= 4 is 5.97 Å². The van der Waals surface area contributed by atoms with Crippen LogP contribution in [0.5, 0.6) is 0 Å². The zero-order valence-corrected chi connectivity index (χ0v) is 25.3. The highest BCUT2D eigenvalue weighted by Gasteiger charge is 2.36. The first-order valence-corrected chi connectivity index (χ1v) is 16.3. The molecular formula is C36H52N2O2. The van der Waals surface area contributed by atoms with E-state index in [1.807, 2.05) is 30.5 Å². The molecule has 1 aliphatic rings. The van der Waals surface area contributed by atoms with Crippen LogP contribution in [0.1, 0.15) is 145 Å². The van der Waals surface area contributed by atoms with Gasteiger partial charge in [0.2, 0.25) is 0 Å². The van der Waals surface area contributed by atoms with E-state index in [1.165, 1.54) is 82.6 Å². The summed E-state index contributed by atoms with van der Waals surface area (Å²) in [5.74, 6) is -0.269. The molecule has 4 nitrogen and oxygen atoms in total. The molecule has 1 aliphatic carbocycles. The van der Waals surface area contributed by atoms with Crippen molar-refractivity contribution < 1.29 is 9.53 Å². The fraction of sp³-hybridized carbons (Fsp3) is 0.639. The van der Waals surface area contributed by atoms with Crippen molar-refractivity contribution in [1.82, 2.24) is 4.98 Å². The van der Waals surface area contributed by atoms with E-state index in [0.717, 1.165) is 56.2 Å². The molecule has 0 atom stereocenters. The highest BCUT2D eigenvalue weighted by Crippen LogP contribution is 2.41. The molecule has 1 fully saturated rings. The number of hydrogen-bond acceptors (Lipinski definition) is 4. The van der Waals surface area contributed by atoms with Crippen molar-refractivity contribution in [1.29, 1.82) is 5.26 Å². The van der Waals surface area contributed by atoms with E-state index in [-0.39, 0.29) is 17.5 Å². The van der Waals surface area contributed by atoms with E-state index in [2.05, 4.69) is 37.0 Å². The molecule has 40 heavy (non-hydrogen) atoms. The van der Waals surface area contributed by atoms with E-state index in [9.17, 15) is 10.1 Å². The van der Waals surface area contributed by atoms with Gasteiger partial charge < -0.3 is 4.74 Å². The van der Waals surface area contributed by atoms with Gasteiger partial charge in [-0.2, -0.15) is 5.26 Å². The molecule has 0 unspecified atom stereocenters. The maximum absolute atomic E-state index is 12.8. The van der Waals surface area contributed by atoms with Crippen LogP contribution in [0, 0.1) is 16.7 Å². The summed E-state index contributed by atoms with van der Waals surface area (Å²) < 4.78 is 5.85. The van der Waals surface area contributed by atoms with E-state index >= 15 is 0 Å². The predicted octanol–water partition coefficient (Wildman–Crippen LogP) is 10.4. The zero-order valence-electron chi connectivity index (χ0n) is 25.3. The van der Waals surface area contributed by atoms with Crippen molar-refractivity contribution in [3.63, 3.8) is 0 Å². The second kappa shape index (κ2) is 17.9. The summed E-state index contributed by atoms with van der Waals surface area (Å²) in [6.45, 7) is 4.49. The Morgan fingerprint density at radius 2 is 1.45 bits per heavy atom. The number of nitriles is 1. The molecule has 3 rings (SSSR count). The summed E-state index contributed by atoms with van der Waals surface area (Å²) >= 11 is 0. The summed E-state index contributed by atoms with van der Waals surface area (Å²) in [4.78, 5) is 17.5. The molecule has 1 aromatic carbocycles. The Balaban J connectivity index is 1.39. The van der Waals surface area contributed by atoms with Gasteiger partial charge in [-0.15, -0.1) is 0 Å². The van der Waals surface area contributed by atoms with Crippen LogP contribution in [-0.4, -0.2) is 17.1 Å². The highest BCUT2D eigenvalue weighted by molar-refractivity contribution is 5.90. The Kier molecular flexibility index (Phi) is 14.3. The van der Waals surface area contributed by atoms with Crippen molar-refractivity contribution in [2.24, 2.45) is 5.41 Å². The maximum atomic E-state index is 12.8. The Morgan fingerprint density at radius 3 is 2.02 bits per heavy atom. The molecule has 0 radical (unpaired) electrons. The van der Waals surface area contributed by atoms with E-state index in [1.54, 1.807) is 0 Å². The number of ether oxygens (including phenoxy) is 1. The third-order valence-electron chi connectivity index (χ3n) is 8.72. The fourth-order valence-electron chi connectivity index (χ4n) is 5.95. The van der Waals surface area contributed by atoms with Gasteiger partial charge in [0, 0.05) is 11.8 Å². The van der Waals surface area contributed by atoms with Crippen LogP contribution in [0.3, 0.4) is 0 Å². The van der Waals surface area contributed by atoms with Crippen LogP contribution in [0.15, 0.2) is 42.6 Å². The van der Waals surface area contributed by atoms with Crippen molar-refractivity contribution in [2.75, 3.05) is 0 Å². The van der Waals surface area contributed by atoms with Crippen LogP contribution in [0.2, 0.25) is 0 Å². The molecular weight excluding hydrogens is 492 g/mol. The molecule has 0 saturated heterocycles. The van der Waals surface area contributed by atoms with Gasteiger partial charge in [0.15, 0.2) is 0 Å². The van der Waals surface area contributed by atoms with Crippen LogP contribution in [0.4, 0.5) is 0 Å². The smallest absolute Gasteiger partial charge is 0.338 e. The number of unbranched alkanes of at least 4 members (excludes halogenated alkanes) is 11. The van der Waals surface area contributed by atoms with Crippen LogP contribution < -0.4 is 0 Å². The molecule has 1 aromatic heterocycles.